The first kappa shape index (κ1) is 15.0. The molecule has 0 aliphatic carbocycles. The summed E-state index contributed by atoms with van der Waals surface area (Å²) in [6.07, 6.45) is 0.682. The van der Waals surface area contributed by atoms with Crippen LogP contribution < -0.4 is 10.1 Å². The standard InChI is InChI=1S/C15H16N4O4/c1-10-8-14(19(21)22)17-18(10)9-15(20)16-12-6-7-23-13-5-3-2-4-11(12)13/h2-5,8,12H,6-7,9H2,1H3,(H,16,20)/t12-/m1/s1. The molecular weight excluding hydrogens is 300 g/mol. The highest BCUT2D eigenvalue weighted by molar-refractivity contribution is 5.76. The fourth-order valence-corrected chi connectivity index (χ4v) is 2.61. The van der Waals surface area contributed by atoms with Crippen molar-refractivity contribution in [2.45, 2.75) is 25.9 Å². The minimum absolute atomic E-state index is 0.0564. The first-order chi connectivity index (χ1) is 11.0. The van der Waals surface area contributed by atoms with Crippen molar-refractivity contribution in [3.05, 3.63) is 51.7 Å². The predicted octanol–water partition coefficient (Wildman–Crippen LogP) is 1.74. The topological polar surface area (TPSA) is 99.3 Å². The second kappa shape index (κ2) is 6.07. The Hall–Kier alpha value is -2.90. The summed E-state index contributed by atoms with van der Waals surface area (Å²) in [6.45, 7) is 2.16. The lowest BCUT2D eigenvalue weighted by atomic mass is 10.0. The molecule has 1 aliphatic rings. The molecule has 8 heteroatoms. The van der Waals surface area contributed by atoms with E-state index >= 15 is 0 Å². The quantitative estimate of drug-likeness (QED) is 0.684. The van der Waals surface area contributed by atoms with E-state index in [1.54, 1.807) is 6.92 Å². The molecule has 23 heavy (non-hydrogen) atoms. The Bertz CT molecular complexity index is 756. The zero-order chi connectivity index (χ0) is 16.4. The Morgan fingerprint density at radius 2 is 2.30 bits per heavy atom. The molecule has 1 aromatic carbocycles. The number of carbonyl (C=O) groups excluding carboxylic acids is 1. The van der Waals surface area contributed by atoms with Gasteiger partial charge in [-0.3, -0.25) is 4.79 Å². The smallest absolute Gasteiger partial charge is 0.390 e. The zero-order valence-electron chi connectivity index (χ0n) is 12.6. The van der Waals surface area contributed by atoms with Gasteiger partial charge in [-0.05, 0) is 17.9 Å². The second-order valence-electron chi connectivity index (χ2n) is 5.35. The molecule has 3 rings (SSSR count). The van der Waals surface area contributed by atoms with Crippen LogP contribution in [0.15, 0.2) is 30.3 Å². The number of nitro groups is 1. The first-order valence-corrected chi connectivity index (χ1v) is 7.24. The van der Waals surface area contributed by atoms with E-state index in [2.05, 4.69) is 10.4 Å². The van der Waals surface area contributed by atoms with Gasteiger partial charge in [0.1, 0.15) is 12.3 Å². The molecule has 120 valence electrons. The van der Waals surface area contributed by atoms with Gasteiger partial charge in [0, 0.05) is 12.0 Å². The summed E-state index contributed by atoms with van der Waals surface area (Å²) >= 11 is 0. The van der Waals surface area contributed by atoms with Crippen LogP contribution in [0.5, 0.6) is 5.75 Å². The fourth-order valence-electron chi connectivity index (χ4n) is 2.61. The highest BCUT2D eigenvalue weighted by Crippen LogP contribution is 2.31. The second-order valence-corrected chi connectivity index (χ2v) is 5.35. The van der Waals surface area contributed by atoms with Crippen molar-refractivity contribution in [3.63, 3.8) is 0 Å². The van der Waals surface area contributed by atoms with Crippen LogP contribution in [0.3, 0.4) is 0 Å². The third kappa shape index (κ3) is 3.15. The number of aryl methyl sites for hydroxylation is 1. The number of benzene rings is 1. The van der Waals surface area contributed by atoms with Crippen molar-refractivity contribution in [2.75, 3.05) is 6.61 Å². The maximum absolute atomic E-state index is 12.2. The zero-order valence-corrected chi connectivity index (χ0v) is 12.6. The molecule has 2 heterocycles. The van der Waals surface area contributed by atoms with Gasteiger partial charge in [-0.2, -0.15) is 4.68 Å². The number of nitrogens with zero attached hydrogens (tertiary/aromatic N) is 3. The maximum Gasteiger partial charge on any atom is 0.390 e. The summed E-state index contributed by atoms with van der Waals surface area (Å²) in [6, 6.07) is 8.79. The molecule has 1 N–H and O–H groups in total. The van der Waals surface area contributed by atoms with E-state index < -0.39 is 4.92 Å². The molecule has 0 bridgehead atoms. The van der Waals surface area contributed by atoms with Crippen LogP contribution in [0.2, 0.25) is 0 Å². The molecule has 0 fully saturated rings. The number of hydrogen-bond acceptors (Lipinski definition) is 5. The molecule has 0 unspecified atom stereocenters. The number of para-hydroxylation sites is 1. The van der Waals surface area contributed by atoms with E-state index in [0.717, 1.165) is 11.3 Å². The summed E-state index contributed by atoms with van der Waals surface area (Å²) < 4.78 is 6.89. The Kier molecular flexibility index (Phi) is 3.96. The van der Waals surface area contributed by atoms with Crippen LogP contribution in [0, 0.1) is 17.0 Å². The first-order valence-electron chi connectivity index (χ1n) is 7.24. The fraction of sp³-hybridized carbons (Fsp3) is 0.333. The van der Waals surface area contributed by atoms with Crippen molar-refractivity contribution < 1.29 is 14.5 Å². The summed E-state index contributed by atoms with van der Waals surface area (Å²) in [5, 5.41) is 17.5. The molecule has 0 spiro atoms. The number of aromatic nitrogens is 2. The van der Waals surface area contributed by atoms with Crippen LogP contribution in [0.1, 0.15) is 23.7 Å². The Morgan fingerprint density at radius 1 is 1.52 bits per heavy atom. The number of carbonyl (C=O) groups is 1. The van der Waals surface area contributed by atoms with Crippen LogP contribution in [0.4, 0.5) is 5.82 Å². The summed E-state index contributed by atoms with van der Waals surface area (Å²) in [4.78, 5) is 22.4. The molecule has 1 atom stereocenters. The maximum atomic E-state index is 12.2. The number of rotatable bonds is 4. The Labute approximate surface area is 132 Å². The molecule has 2 aromatic rings. The van der Waals surface area contributed by atoms with E-state index in [1.165, 1.54) is 10.7 Å². The Morgan fingerprint density at radius 3 is 3.04 bits per heavy atom. The van der Waals surface area contributed by atoms with Crippen molar-refractivity contribution in [1.82, 2.24) is 15.1 Å². The van der Waals surface area contributed by atoms with Gasteiger partial charge >= 0.3 is 5.82 Å². The van der Waals surface area contributed by atoms with Gasteiger partial charge in [0.15, 0.2) is 0 Å². The highest BCUT2D eigenvalue weighted by atomic mass is 16.6. The monoisotopic (exact) mass is 316 g/mol. The molecular formula is C15H16N4O4. The molecule has 0 saturated carbocycles. The van der Waals surface area contributed by atoms with Crippen molar-refractivity contribution in [1.29, 1.82) is 0 Å². The lowest BCUT2D eigenvalue weighted by Gasteiger charge is -2.26. The van der Waals surface area contributed by atoms with E-state index in [-0.39, 0.29) is 24.3 Å². The third-order valence-corrected chi connectivity index (χ3v) is 3.74. The normalized spacial score (nSPS) is 16.3. The lowest BCUT2D eigenvalue weighted by molar-refractivity contribution is -0.389. The minimum atomic E-state index is -0.573. The van der Waals surface area contributed by atoms with Crippen molar-refractivity contribution in [2.24, 2.45) is 0 Å². The van der Waals surface area contributed by atoms with E-state index in [4.69, 9.17) is 4.74 Å². The van der Waals surface area contributed by atoms with Gasteiger partial charge in [-0.1, -0.05) is 18.2 Å². The summed E-state index contributed by atoms with van der Waals surface area (Å²) in [7, 11) is 0. The number of ether oxygens (including phenoxy) is 1. The average Bonchev–Trinajstić information content (AvgIpc) is 2.89. The van der Waals surface area contributed by atoms with Crippen molar-refractivity contribution in [3.8, 4) is 5.75 Å². The molecule has 8 nitrogen and oxygen atoms in total. The molecule has 1 amide bonds. The lowest BCUT2D eigenvalue weighted by Crippen LogP contribution is -2.34. The molecule has 0 saturated heterocycles. The SMILES string of the molecule is Cc1cc([N+](=O)[O-])nn1CC(=O)N[C@@H]1CCOc2ccccc21. The molecule has 0 radical (unpaired) electrons. The van der Waals surface area contributed by atoms with Gasteiger partial charge in [0.2, 0.25) is 5.91 Å². The summed E-state index contributed by atoms with van der Waals surface area (Å²) in [5.74, 6) is 0.273. The third-order valence-electron chi connectivity index (χ3n) is 3.74. The van der Waals surface area contributed by atoms with Crippen LogP contribution in [-0.4, -0.2) is 27.2 Å². The van der Waals surface area contributed by atoms with E-state index in [9.17, 15) is 14.9 Å². The highest BCUT2D eigenvalue weighted by Gasteiger charge is 2.24. The van der Waals surface area contributed by atoms with Gasteiger partial charge < -0.3 is 20.2 Å². The van der Waals surface area contributed by atoms with E-state index in [1.807, 2.05) is 24.3 Å². The number of hydrogen-bond donors (Lipinski definition) is 1. The largest absolute Gasteiger partial charge is 0.493 e. The van der Waals surface area contributed by atoms with Gasteiger partial charge in [0.25, 0.3) is 0 Å². The van der Waals surface area contributed by atoms with Gasteiger partial charge in [-0.15, -0.1) is 0 Å². The number of fused-ring (bicyclic) bond motifs is 1. The van der Waals surface area contributed by atoms with E-state index in [0.29, 0.717) is 18.7 Å². The Balaban J connectivity index is 1.70. The van der Waals surface area contributed by atoms with Crippen LogP contribution >= 0.6 is 0 Å². The van der Waals surface area contributed by atoms with Gasteiger partial charge in [-0.25, -0.2) is 0 Å². The molecule has 1 aromatic heterocycles. The summed E-state index contributed by atoms with van der Waals surface area (Å²) in [5.41, 5.74) is 1.51. The molecule has 1 aliphatic heterocycles. The van der Waals surface area contributed by atoms with Crippen molar-refractivity contribution >= 4 is 11.7 Å². The van der Waals surface area contributed by atoms with Gasteiger partial charge in [0.05, 0.1) is 29.5 Å². The minimum Gasteiger partial charge on any atom is -0.493 e. The average molecular weight is 316 g/mol. The number of nitrogens with one attached hydrogen (secondary N) is 1. The van der Waals surface area contributed by atoms with Crippen LogP contribution in [0.25, 0.3) is 0 Å². The predicted molar refractivity (Wildman–Crippen MR) is 81.1 cm³/mol. The van der Waals surface area contributed by atoms with Crippen LogP contribution in [-0.2, 0) is 11.3 Å². The number of amides is 1.